The summed E-state index contributed by atoms with van der Waals surface area (Å²) in [5.74, 6) is -0.984. The highest BCUT2D eigenvalue weighted by atomic mass is 19.1. The van der Waals surface area contributed by atoms with Crippen LogP contribution in [0.1, 0.15) is 11.1 Å². The van der Waals surface area contributed by atoms with Gasteiger partial charge in [-0.3, -0.25) is 14.2 Å². The van der Waals surface area contributed by atoms with Crippen LogP contribution >= 0.6 is 0 Å². The molecule has 0 aromatic carbocycles. The van der Waals surface area contributed by atoms with Gasteiger partial charge < -0.3 is 5.32 Å². The van der Waals surface area contributed by atoms with Crippen molar-refractivity contribution in [3.8, 4) is 6.07 Å². The van der Waals surface area contributed by atoms with Crippen LogP contribution in [0.4, 0.5) is 10.2 Å². The Morgan fingerprint density at radius 1 is 1.60 bits per heavy atom. The molecule has 0 aliphatic heterocycles. The summed E-state index contributed by atoms with van der Waals surface area (Å²) in [6, 6.07) is 1.74. The topological polar surface area (TPSA) is 74.9 Å². The van der Waals surface area contributed by atoms with Gasteiger partial charge in [-0.25, -0.2) is 4.39 Å². The number of pyridine rings is 1. The summed E-state index contributed by atoms with van der Waals surface area (Å²) in [6.45, 7) is 1.31. The predicted octanol–water partition coefficient (Wildman–Crippen LogP) is 0.273. The van der Waals surface area contributed by atoms with Gasteiger partial charge in [-0.05, 0) is 6.92 Å². The molecule has 1 amide bonds. The lowest BCUT2D eigenvalue weighted by Gasteiger charge is -2.10. The highest BCUT2D eigenvalue weighted by Gasteiger charge is 2.16. The molecule has 1 aromatic rings. The fourth-order valence-electron chi connectivity index (χ4n) is 1.23. The summed E-state index contributed by atoms with van der Waals surface area (Å²) >= 11 is 0. The minimum atomic E-state index is -0.981. The molecule has 0 aliphatic rings. The van der Waals surface area contributed by atoms with Gasteiger partial charge in [-0.2, -0.15) is 5.26 Å². The maximum absolute atomic E-state index is 13.3. The lowest BCUT2D eigenvalue weighted by atomic mass is 10.1. The number of nitrogens with zero attached hydrogens (tertiary/aromatic N) is 2. The number of aromatic nitrogens is 1. The summed E-state index contributed by atoms with van der Waals surface area (Å²) in [5, 5.41) is 11.0. The van der Waals surface area contributed by atoms with E-state index in [1.54, 1.807) is 6.07 Å². The van der Waals surface area contributed by atoms with E-state index in [-0.39, 0.29) is 16.9 Å². The van der Waals surface area contributed by atoms with E-state index in [1.165, 1.54) is 14.0 Å². The number of nitrogens with one attached hydrogen (secondary N) is 1. The maximum Gasteiger partial charge on any atom is 0.288 e. The van der Waals surface area contributed by atoms with Gasteiger partial charge >= 0.3 is 0 Å². The molecule has 6 heteroatoms. The number of rotatable bonds is 2. The molecule has 1 N–H and O–H groups in total. The monoisotopic (exact) mass is 209 g/mol. The van der Waals surface area contributed by atoms with E-state index >= 15 is 0 Å². The molecule has 15 heavy (non-hydrogen) atoms. The molecule has 0 aliphatic carbocycles. The Morgan fingerprint density at radius 3 is 2.67 bits per heavy atom. The number of hydrogen-bond donors (Lipinski definition) is 1. The van der Waals surface area contributed by atoms with Crippen LogP contribution in [0.3, 0.4) is 0 Å². The zero-order valence-electron chi connectivity index (χ0n) is 8.17. The van der Waals surface area contributed by atoms with Crippen LogP contribution < -0.4 is 10.9 Å². The SMILES string of the molecule is Cc1c(C#N)c(NC=O)n(C)c(=O)c1F. The van der Waals surface area contributed by atoms with E-state index in [9.17, 15) is 14.0 Å². The Kier molecular flexibility index (Phi) is 2.85. The van der Waals surface area contributed by atoms with Crippen LogP contribution in [0, 0.1) is 24.1 Å². The highest BCUT2D eigenvalue weighted by molar-refractivity contribution is 5.73. The third-order valence-electron chi connectivity index (χ3n) is 2.08. The Labute approximate surface area is 84.8 Å². The summed E-state index contributed by atoms with van der Waals surface area (Å²) < 4.78 is 14.1. The van der Waals surface area contributed by atoms with Gasteiger partial charge in [0.1, 0.15) is 11.9 Å². The first-order valence-corrected chi connectivity index (χ1v) is 4.04. The van der Waals surface area contributed by atoms with E-state index in [2.05, 4.69) is 5.32 Å². The molecule has 0 saturated heterocycles. The van der Waals surface area contributed by atoms with E-state index in [0.29, 0.717) is 6.41 Å². The van der Waals surface area contributed by atoms with Gasteiger partial charge in [-0.15, -0.1) is 0 Å². The molecule has 0 spiro atoms. The summed E-state index contributed by atoms with van der Waals surface area (Å²) in [4.78, 5) is 21.5. The van der Waals surface area contributed by atoms with E-state index in [4.69, 9.17) is 5.26 Å². The molecule has 5 nitrogen and oxygen atoms in total. The van der Waals surface area contributed by atoms with Crippen LogP contribution in [0.5, 0.6) is 0 Å². The highest BCUT2D eigenvalue weighted by Crippen LogP contribution is 2.17. The molecule has 0 atom stereocenters. The minimum Gasteiger partial charge on any atom is -0.314 e. The number of halogens is 1. The van der Waals surface area contributed by atoms with Gasteiger partial charge in [0.2, 0.25) is 6.41 Å². The van der Waals surface area contributed by atoms with E-state index in [1.807, 2.05) is 0 Å². The molecular formula is C9H8FN3O2. The molecule has 1 heterocycles. The second kappa shape index (κ2) is 3.92. The van der Waals surface area contributed by atoms with Crippen LogP contribution in [-0.4, -0.2) is 11.0 Å². The fraction of sp³-hybridized carbons (Fsp3) is 0.222. The smallest absolute Gasteiger partial charge is 0.288 e. The molecule has 0 fully saturated rings. The van der Waals surface area contributed by atoms with Gasteiger partial charge in [0, 0.05) is 12.6 Å². The summed E-state index contributed by atoms with van der Waals surface area (Å²) in [5.41, 5.74) is -0.998. The average molecular weight is 209 g/mol. The van der Waals surface area contributed by atoms with Gasteiger partial charge in [0.15, 0.2) is 5.82 Å². The fourth-order valence-corrected chi connectivity index (χ4v) is 1.23. The second-order valence-electron chi connectivity index (χ2n) is 2.90. The van der Waals surface area contributed by atoms with Crippen molar-refractivity contribution in [1.82, 2.24) is 4.57 Å². The van der Waals surface area contributed by atoms with Crippen molar-refractivity contribution in [3.63, 3.8) is 0 Å². The molecule has 1 rings (SSSR count). The zero-order chi connectivity index (χ0) is 11.6. The first-order valence-electron chi connectivity index (χ1n) is 4.04. The Balaban J connectivity index is 3.71. The zero-order valence-corrected chi connectivity index (χ0v) is 8.17. The number of carbonyl (C=O) groups excluding carboxylic acids is 1. The van der Waals surface area contributed by atoms with Gasteiger partial charge in [0.25, 0.3) is 5.56 Å². The molecule has 0 bridgehead atoms. The molecule has 1 aromatic heterocycles. The molecule has 0 radical (unpaired) electrons. The lowest BCUT2D eigenvalue weighted by Crippen LogP contribution is -2.25. The van der Waals surface area contributed by atoms with Gasteiger partial charge in [-0.1, -0.05) is 0 Å². The third kappa shape index (κ3) is 1.59. The van der Waals surface area contributed by atoms with Gasteiger partial charge in [0.05, 0.1) is 5.56 Å². The first kappa shape index (κ1) is 10.9. The van der Waals surface area contributed by atoms with Crippen molar-refractivity contribution in [3.05, 3.63) is 27.3 Å². The normalized spacial score (nSPS) is 9.47. The standard InChI is InChI=1S/C9H8FN3O2/c1-5-6(3-11)8(12-4-14)13(2)9(15)7(5)10/h4H,1-2H3,(H,12,14). The van der Waals surface area contributed by atoms with Crippen molar-refractivity contribution in [2.45, 2.75) is 6.92 Å². The number of amides is 1. The molecular weight excluding hydrogens is 201 g/mol. The average Bonchev–Trinajstić information content (AvgIpc) is 2.24. The van der Waals surface area contributed by atoms with E-state index < -0.39 is 11.4 Å². The molecule has 78 valence electrons. The van der Waals surface area contributed by atoms with Crippen molar-refractivity contribution in [1.29, 1.82) is 5.26 Å². The van der Waals surface area contributed by atoms with Crippen molar-refractivity contribution < 1.29 is 9.18 Å². The maximum atomic E-state index is 13.3. The van der Waals surface area contributed by atoms with Crippen molar-refractivity contribution >= 4 is 12.2 Å². The number of nitriles is 1. The Bertz CT molecular complexity index is 514. The minimum absolute atomic E-state index is 0.00333. The second-order valence-corrected chi connectivity index (χ2v) is 2.90. The number of carbonyl (C=O) groups is 1. The van der Waals surface area contributed by atoms with E-state index in [0.717, 1.165) is 4.57 Å². The van der Waals surface area contributed by atoms with Crippen molar-refractivity contribution in [2.75, 3.05) is 5.32 Å². The molecule has 0 saturated carbocycles. The third-order valence-corrected chi connectivity index (χ3v) is 2.08. The Hall–Kier alpha value is -2.16. The number of anilines is 1. The van der Waals surface area contributed by atoms with Crippen molar-refractivity contribution in [2.24, 2.45) is 7.05 Å². The quantitative estimate of drug-likeness (QED) is 0.710. The summed E-state index contributed by atoms with van der Waals surface area (Å²) in [6.07, 6.45) is 0.326. The first-order chi connectivity index (χ1) is 7.04. The molecule has 0 unspecified atom stereocenters. The van der Waals surface area contributed by atoms with Crippen LogP contribution in [-0.2, 0) is 11.8 Å². The van der Waals surface area contributed by atoms with Crippen LogP contribution in [0.2, 0.25) is 0 Å². The largest absolute Gasteiger partial charge is 0.314 e. The Morgan fingerprint density at radius 2 is 2.20 bits per heavy atom. The number of hydrogen-bond acceptors (Lipinski definition) is 3. The lowest BCUT2D eigenvalue weighted by molar-refractivity contribution is -0.105. The van der Waals surface area contributed by atoms with Crippen LogP contribution in [0.25, 0.3) is 0 Å². The predicted molar refractivity (Wildman–Crippen MR) is 50.8 cm³/mol. The summed E-state index contributed by atoms with van der Waals surface area (Å²) in [7, 11) is 1.28. The van der Waals surface area contributed by atoms with Crippen LogP contribution in [0.15, 0.2) is 4.79 Å².